The monoisotopic (exact) mass is 294 g/mol. The summed E-state index contributed by atoms with van der Waals surface area (Å²) in [7, 11) is 0. The van der Waals surface area contributed by atoms with Gasteiger partial charge < -0.3 is 10.5 Å². The third kappa shape index (κ3) is 2.47. The molecule has 90 valence electrons. The number of nitrogens with zero attached hydrogens (tertiary/aromatic N) is 1. The van der Waals surface area contributed by atoms with E-state index in [0.29, 0.717) is 12.3 Å². The van der Waals surface area contributed by atoms with E-state index in [1.807, 2.05) is 36.7 Å². The molecule has 0 radical (unpaired) electrons. The molecule has 2 aromatic rings. The van der Waals surface area contributed by atoms with Crippen molar-refractivity contribution in [2.75, 3.05) is 5.43 Å². The number of aromatic nitrogens is 1. The fourth-order valence-corrected chi connectivity index (χ4v) is 2.19. The summed E-state index contributed by atoms with van der Waals surface area (Å²) in [5.74, 6) is 0.294. The SMILES string of the molecule is Cc1ccc(C)n1NCc1cccc(Br)c1O. The number of hydrogen-bond donors (Lipinski definition) is 2. The first-order valence-electron chi connectivity index (χ1n) is 5.45. The fraction of sp³-hybridized carbons (Fsp3) is 0.231. The molecule has 2 rings (SSSR count). The van der Waals surface area contributed by atoms with E-state index >= 15 is 0 Å². The molecule has 0 atom stereocenters. The van der Waals surface area contributed by atoms with Gasteiger partial charge in [0.2, 0.25) is 0 Å². The fourth-order valence-electron chi connectivity index (χ4n) is 1.78. The zero-order valence-corrected chi connectivity index (χ0v) is 11.5. The van der Waals surface area contributed by atoms with Crippen LogP contribution in [0.1, 0.15) is 17.0 Å². The Labute approximate surface area is 109 Å². The first-order valence-corrected chi connectivity index (χ1v) is 6.24. The number of aromatic hydroxyl groups is 1. The van der Waals surface area contributed by atoms with Crippen LogP contribution < -0.4 is 5.43 Å². The Bertz CT molecular complexity index is 515. The minimum Gasteiger partial charge on any atom is -0.506 e. The van der Waals surface area contributed by atoms with Crippen LogP contribution >= 0.6 is 15.9 Å². The second-order valence-corrected chi connectivity index (χ2v) is 4.89. The van der Waals surface area contributed by atoms with E-state index < -0.39 is 0 Å². The lowest BCUT2D eigenvalue weighted by molar-refractivity contribution is 0.464. The predicted molar refractivity (Wildman–Crippen MR) is 72.8 cm³/mol. The number of nitrogens with one attached hydrogen (secondary N) is 1. The predicted octanol–water partition coefficient (Wildman–Crippen LogP) is 3.32. The van der Waals surface area contributed by atoms with Crippen LogP contribution in [0.15, 0.2) is 34.8 Å². The largest absolute Gasteiger partial charge is 0.506 e. The number of hydrogen-bond acceptors (Lipinski definition) is 2. The molecule has 0 aliphatic heterocycles. The normalized spacial score (nSPS) is 10.5. The highest BCUT2D eigenvalue weighted by atomic mass is 79.9. The molecular weight excluding hydrogens is 280 g/mol. The van der Waals surface area contributed by atoms with Crippen LogP contribution in [0.25, 0.3) is 0 Å². The number of phenols is 1. The number of halogens is 1. The summed E-state index contributed by atoms with van der Waals surface area (Å²) < 4.78 is 2.73. The van der Waals surface area contributed by atoms with Crippen LogP contribution in [-0.4, -0.2) is 9.78 Å². The van der Waals surface area contributed by atoms with Crippen molar-refractivity contribution in [3.8, 4) is 5.75 Å². The van der Waals surface area contributed by atoms with Crippen LogP contribution in [-0.2, 0) is 6.54 Å². The average molecular weight is 295 g/mol. The van der Waals surface area contributed by atoms with Crippen molar-refractivity contribution in [2.45, 2.75) is 20.4 Å². The molecule has 0 spiro atoms. The van der Waals surface area contributed by atoms with Gasteiger partial charge in [-0.2, -0.15) is 0 Å². The van der Waals surface area contributed by atoms with Crippen molar-refractivity contribution in [1.29, 1.82) is 0 Å². The van der Waals surface area contributed by atoms with Crippen LogP contribution in [0.2, 0.25) is 0 Å². The summed E-state index contributed by atoms with van der Waals surface area (Å²) in [6.45, 7) is 4.67. The molecule has 2 N–H and O–H groups in total. The van der Waals surface area contributed by atoms with Gasteiger partial charge in [0.15, 0.2) is 0 Å². The van der Waals surface area contributed by atoms with Crippen molar-refractivity contribution in [3.05, 3.63) is 51.8 Å². The second-order valence-electron chi connectivity index (χ2n) is 4.03. The Kier molecular flexibility index (Phi) is 3.43. The third-order valence-electron chi connectivity index (χ3n) is 2.77. The van der Waals surface area contributed by atoms with Gasteiger partial charge in [0, 0.05) is 17.0 Å². The number of para-hydroxylation sites is 1. The van der Waals surface area contributed by atoms with Gasteiger partial charge >= 0.3 is 0 Å². The smallest absolute Gasteiger partial charge is 0.134 e. The quantitative estimate of drug-likeness (QED) is 0.911. The first kappa shape index (κ1) is 12.0. The van der Waals surface area contributed by atoms with Crippen molar-refractivity contribution in [3.63, 3.8) is 0 Å². The van der Waals surface area contributed by atoms with Gasteiger partial charge in [0.1, 0.15) is 5.75 Å². The van der Waals surface area contributed by atoms with Crippen molar-refractivity contribution in [1.82, 2.24) is 4.68 Å². The van der Waals surface area contributed by atoms with Crippen molar-refractivity contribution in [2.24, 2.45) is 0 Å². The number of rotatable bonds is 3. The lowest BCUT2D eigenvalue weighted by Gasteiger charge is -2.13. The molecule has 0 unspecified atom stereocenters. The molecule has 0 aliphatic rings. The van der Waals surface area contributed by atoms with E-state index in [-0.39, 0.29) is 0 Å². The lowest BCUT2D eigenvalue weighted by atomic mass is 10.2. The van der Waals surface area contributed by atoms with Gasteiger partial charge in [0.05, 0.1) is 11.0 Å². The highest BCUT2D eigenvalue weighted by molar-refractivity contribution is 9.10. The van der Waals surface area contributed by atoms with Crippen molar-refractivity contribution < 1.29 is 5.11 Å². The highest BCUT2D eigenvalue weighted by Gasteiger charge is 2.05. The summed E-state index contributed by atoms with van der Waals surface area (Å²) in [5, 5.41) is 9.87. The Hall–Kier alpha value is -1.42. The molecular formula is C13H15BrN2O. The Morgan fingerprint density at radius 2 is 1.82 bits per heavy atom. The molecule has 17 heavy (non-hydrogen) atoms. The van der Waals surface area contributed by atoms with Crippen LogP contribution in [0, 0.1) is 13.8 Å². The third-order valence-corrected chi connectivity index (χ3v) is 3.41. The topological polar surface area (TPSA) is 37.2 Å². The van der Waals surface area contributed by atoms with E-state index in [9.17, 15) is 5.11 Å². The summed E-state index contributed by atoms with van der Waals surface area (Å²) in [5.41, 5.74) is 6.45. The molecule has 0 saturated heterocycles. The molecule has 4 heteroatoms. The van der Waals surface area contributed by atoms with Gasteiger partial charge in [0.25, 0.3) is 0 Å². The maximum atomic E-state index is 9.87. The molecule has 0 fully saturated rings. The van der Waals surface area contributed by atoms with Gasteiger partial charge in [-0.15, -0.1) is 0 Å². The van der Waals surface area contributed by atoms with Crippen LogP contribution in [0.4, 0.5) is 0 Å². The maximum Gasteiger partial charge on any atom is 0.134 e. The summed E-state index contributed by atoms with van der Waals surface area (Å²) in [6.07, 6.45) is 0. The average Bonchev–Trinajstić information content (AvgIpc) is 2.62. The Morgan fingerprint density at radius 3 is 2.47 bits per heavy atom. The number of aryl methyl sites for hydroxylation is 2. The maximum absolute atomic E-state index is 9.87. The number of benzene rings is 1. The minimum absolute atomic E-state index is 0.294. The molecule has 0 aliphatic carbocycles. The molecule has 0 bridgehead atoms. The molecule has 1 heterocycles. The van der Waals surface area contributed by atoms with E-state index in [2.05, 4.69) is 33.5 Å². The molecule has 3 nitrogen and oxygen atoms in total. The Balaban J connectivity index is 2.15. The highest BCUT2D eigenvalue weighted by Crippen LogP contribution is 2.27. The zero-order valence-electron chi connectivity index (χ0n) is 9.87. The van der Waals surface area contributed by atoms with E-state index in [4.69, 9.17) is 0 Å². The van der Waals surface area contributed by atoms with Crippen LogP contribution in [0.3, 0.4) is 0 Å². The van der Waals surface area contributed by atoms with E-state index in [1.54, 1.807) is 0 Å². The number of phenolic OH excluding ortho intramolecular Hbond substituents is 1. The van der Waals surface area contributed by atoms with Gasteiger partial charge in [-0.3, -0.25) is 4.68 Å². The molecule has 0 saturated carbocycles. The summed E-state index contributed by atoms with van der Waals surface area (Å²) >= 11 is 3.31. The van der Waals surface area contributed by atoms with E-state index in [1.165, 1.54) is 0 Å². The standard InChI is InChI=1S/C13H15BrN2O/c1-9-6-7-10(2)16(9)15-8-11-4-3-5-12(14)13(11)17/h3-7,15,17H,8H2,1-2H3. The molecule has 0 amide bonds. The molecule has 1 aromatic heterocycles. The zero-order chi connectivity index (χ0) is 12.4. The lowest BCUT2D eigenvalue weighted by Crippen LogP contribution is -2.16. The Morgan fingerprint density at radius 1 is 1.18 bits per heavy atom. The minimum atomic E-state index is 0.294. The van der Waals surface area contributed by atoms with E-state index in [0.717, 1.165) is 21.4 Å². The van der Waals surface area contributed by atoms with Gasteiger partial charge in [-0.25, -0.2) is 0 Å². The van der Waals surface area contributed by atoms with Gasteiger partial charge in [-0.05, 0) is 48.0 Å². The second kappa shape index (κ2) is 4.84. The molecule has 1 aromatic carbocycles. The summed E-state index contributed by atoms with van der Waals surface area (Å²) in [4.78, 5) is 0. The van der Waals surface area contributed by atoms with Gasteiger partial charge in [-0.1, -0.05) is 12.1 Å². The summed E-state index contributed by atoms with van der Waals surface area (Å²) in [6, 6.07) is 9.76. The first-order chi connectivity index (χ1) is 8.09. The van der Waals surface area contributed by atoms with Crippen molar-refractivity contribution >= 4 is 15.9 Å². The van der Waals surface area contributed by atoms with Crippen LogP contribution in [0.5, 0.6) is 5.75 Å².